The van der Waals surface area contributed by atoms with E-state index >= 15 is 0 Å². The summed E-state index contributed by atoms with van der Waals surface area (Å²) >= 11 is 0.946. The predicted octanol–water partition coefficient (Wildman–Crippen LogP) is 1.27. The molecule has 0 atom stereocenters. The number of aromatic nitrogens is 1. The Morgan fingerprint density at radius 3 is 2.61 bits per heavy atom. The van der Waals surface area contributed by atoms with E-state index in [1.54, 1.807) is 37.3 Å². The molecule has 1 aromatic carbocycles. The maximum Gasteiger partial charge on any atom is 0.341 e. The number of rotatable bonds is 6. The van der Waals surface area contributed by atoms with Gasteiger partial charge in [0.25, 0.3) is 5.91 Å². The summed E-state index contributed by atoms with van der Waals surface area (Å²) in [4.78, 5) is 39.6. The molecule has 4 N–H and O–H groups in total. The quantitative estimate of drug-likeness (QED) is 0.374. The van der Waals surface area contributed by atoms with Crippen molar-refractivity contribution in [3.05, 3.63) is 53.1 Å². The molecule has 0 radical (unpaired) electrons. The van der Waals surface area contributed by atoms with Gasteiger partial charge in [0, 0.05) is 5.56 Å². The lowest BCUT2D eigenvalue weighted by Gasteiger charge is -2.09. The number of pyridine rings is 1. The van der Waals surface area contributed by atoms with Gasteiger partial charge in [-0.2, -0.15) is 5.26 Å². The lowest BCUT2D eigenvalue weighted by Crippen LogP contribution is -2.42. The topological polar surface area (TPSA) is 147 Å². The van der Waals surface area contributed by atoms with Crippen LogP contribution in [-0.4, -0.2) is 35.1 Å². The van der Waals surface area contributed by atoms with E-state index in [0.717, 1.165) is 11.8 Å². The molecule has 0 aliphatic rings. The van der Waals surface area contributed by atoms with Crippen LogP contribution >= 0.6 is 11.8 Å². The average molecular weight is 399 g/mol. The zero-order valence-corrected chi connectivity index (χ0v) is 15.7. The Morgan fingerprint density at radius 1 is 1.25 bits per heavy atom. The maximum atomic E-state index is 11.9. The largest absolute Gasteiger partial charge is 0.462 e. The Balaban J connectivity index is 1.97. The van der Waals surface area contributed by atoms with Crippen molar-refractivity contribution in [3.63, 3.8) is 0 Å². The minimum atomic E-state index is -0.679. The zero-order chi connectivity index (χ0) is 20.5. The highest BCUT2D eigenvalue weighted by Crippen LogP contribution is 2.24. The number of nitriles is 1. The standard InChI is InChI=1S/C18H17N5O4S/c1-2-27-18(26)13-8-12(9-19)17(21-15(13)20)28-10-14(24)22-23-16(25)11-6-4-3-5-7-11/h3-8H,2,10H2,1H3,(H2,20,21)(H,22,24)(H,23,25). The number of anilines is 1. The first-order valence-corrected chi connectivity index (χ1v) is 9.09. The molecule has 0 saturated heterocycles. The molecule has 1 aromatic heterocycles. The number of hydrogen-bond donors (Lipinski definition) is 3. The Kier molecular flexibility index (Phi) is 7.36. The SMILES string of the molecule is CCOC(=O)c1cc(C#N)c(SCC(=O)NNC(=O)c2ccccc2)nc1N. The van der Waals surface area contributed by atoms with Crippen molar-refractivity contribution >= 4 is 35.4 Å². The summed E-state index contributed by atoms with van der Waals surface area (Å²) in [6, 6.07) is 11.6. The molecule has 0 fully saturated rings. The molecule has 0 aliphatic heterocycles. The van der Waals surface area contributed by atoms with Crippen molar-refractivity contribution in [2.45, 2.75) is 11.9 Å². The number of hydrogen-bond acceptors (Lipinski definition) is 8. The van der Waals surface area contributed by atoms with E-state index in [4.69, 9.17) is 10.5 Å². The van der Waals surface area contributed by atoms with E-state index in [2.05, 4.69) is 15.8 Å². The number of hydrazine groups is 1. The van der Waals surface area contributed by atoms with Crippen LogP contribution in [-0.2, 0) is 9.53 Å². The van der Waals surface area contributed by atoms with Crippen LogP contribution in [0.1, 0.15) is 33.2 Å². The summed E-state index contributed by atoms with van der Waals surface area (Å²) in [5.74, 6) is -1.87. The van der Waals surface area contributed by atoms with Crippen LogP contribution in [0.25, 0.3) is 0 Å². The average Bonchev–Trinajstić information content (AvgIpc) is 2.71. The molecule has 0 spiro atoms. The molecule has 144 valence electrons. The van der Waals surface area contributed by atoms with Gasteiger partial charge in [-0.25, -0.2) is 9.78 Å². The van der Waals surface area contributed by atoms with Gasteiger partial charge in [-0.3, -0.25) is 20.4 Å². The smallest absolute Gasteiger partial charge is 0.341 e. The molecule has 2 aromatic rings. The van der Waals surface area contributed by atoms with Crippen LogP contribution in [0, 0.1) is 11.3 Å². The van der Waals surface area contributed by atoms with E-state index in [1.165, 1.54) is 6.07 Å². The molecule has 0 bridgehead atoms. The van der Waals surface area contributed by atoms with Crippen molar-refractivity contribution in [1.82, 2.24) is 15.8 Å². The van der Waals surface area contributed by atoms with Gasteiger partial charge in [0.1, 0.15) is 22.5 Å². The molecule has 0 unspecified atom stereocenters. The van der Waals surface area contributed by atoms with E-state index < -0.39 is 17.8 Å². The molecule has 9 nitrogen and oxygen atoms in total. The Labute approximate surface area is 165 Å². The summed E-state index contributed by atoms with van der Waals surface area (Å²) in [5, 5.41) is 9.45. The molecule has 1 heterocycles. The third-order valence-corrected chi connectivity index (χ3v) is 4.32. The van der Waals surface area contributed by atoms with Crippen LogP contribution in [0.15, 0.2) is 41.4 Å². The number of nitrogens with zero attached hydrogens (tertiary/aromatic N) is 2. The first-order chi connectivity index (χ1) is 13.5. The summed E-state index contributed by atoms with van der Waals surface area (Å²) in [6.45, 7) is 1.80. The first kappa shape index (κ1) is 20.7. The maximum absolute atomic E-state index is 11.9. The second-order valence-corrected chi connectivity index (χ2v) is 6.23. The monoisotopic (exact) mass is 399 g/mol. The summed E-state index contributed by atoms with van der Waals surface area (Å²) in [6.07, 6.45) is 0. The molecular formula is C18H17N5O4S. The number of carbonyl (C=O) groups excluding carboxylic acids is 3. The first-order valence-electron chi connectivity index (χ1n) is 8.11. The van der Waals surface area contributed by atoms with Crippen molar-refractivity contribution in [2.24, 2.45) is 0 Å². The van der Waals surface area contributed by atoms with Crippen molar-refractivity contribution in [3.8, 4) is 6.07 Å². The molecule has 2 amide bonds. The van der Waals surface area contributed by atoms with E-state index in [1.807, 2.05) is 6.07 Å². The van der Waals surface area contributed by atoms with E-state index in [-0.39, 0.29) is 34.3 Å². The van der Waals surface area contributed by atoms with Gasteiger partial charge in [0.2, 0.25) is 5.91 Å². The van der Waals surface area contributed by atoms with E-state index in [9.17, 15) is 19.6 Å². The number of nitrogens with two attached hydrogens (primary N) is 1. The Hall–Kier alpha value is -3.58. The van der Waals surface area contributed by atoms with Crippen molar-refractivity contribution in [2.75, 3.05) is 18.1 Å². The number of nitrogen functional groups attached to an aromatic ring is 1. The highest BCUT2D eigenvalue weighted by atomic mass is 32.2. The fourth-order valence-corrected chi connectivity index (χ4v) is 2.79. The lowest BCUT2D eigenvalue weighted by atomic mass is 10.2. The van der Waals surface area contributed by atoms with E-state index in [0.29, 0.717) is 5.56 Å². The molecule has 10 heteroatoms. The van der Waals surface area contributed by atoms with Gasteiger partial charge in [-0.05, 0) is 25.1 Å². The van der Waals surface area contributed by atoms with Gasteiger partial charge in [-0.1, -0.05) is 30.0 Å². The zero-order valence-electron chi connectivity index (χ0n) is 14.9. The summed E-state index contributed by atoms with van der Waals surface area (Å²) in [5.41, 5.74) is 10.8. The molecular weight excluding hydrogens is 382 g/mol. The van der Waals surface area contributed by atoms with Crippen molar-refractivity contribution < 1.29 is 19.1 Å². The van der Waals surface area contributed by atoms with Gasteiger partial charge in [0.05, 0.1) is 17.9 Å². The van der Waals surface area contributed by atoms with Gasteiger partial charge < -0.3 is 10.5 Å². The fourth-order valence-electron chi connectivity index (χ4n) is 2.03. The third-order valence-electron chi connectivity index (χ3n) is 3.32. The normalized spacial score (nSPS) is 9.86. The number of benzene rings is 1. The molecule has 0 aliphatic carbocycles. The van der Waals surface area contributed by atoms with Crippen LogP contribution < -0.4 is 16.6 Å². The Bertz CT molecular complexity index is 928. The second kappa shape index (κ2) is 9.94. The van der Waals surface area contributed by atoms with Crippen LogP contribution in [0.3, 0.4) is 0 Å². The second-order valence-electron chi connectivity index (χ2n) is 5.26. The number of amides is 2. The van der Waals surface area contributed by atoms with Crippen LogP contribution in [0.2, 0.25) is 0 Å². The van der Waals surface area contributed by atoms with Crippen LogP contribution in [0.4, 0.5) is 5.82 Å². The van der Waals surface area contributed by atoms with Gasteiger partial charge in [-0.15, -0.1) is 0 Å². The number of nitrogens with one attached hydrogen (secondary N) is 2. The van der Waals surface area contributed by atoms with Crippen molar-refractivity contribution in [1.29, 1.82) is 5.26 Å². The molecule has 28 heavy (non-hydrogen) atoms. The lowest BCUT2D eigenvalue weighted by molar-refractivity contribution is -0.119. The van der Waals surface area contributed by atoms with Crippen LogP contribution in [0.5, 0.6) is 0 Å². The summed E-state index contributed by atoms with van der Waals surface area (Å²) < 4.78 is 4.86. The number of esters is 1. The molecule has 2 rings (SSSR count). The van der Waals surface area contributed by atoms with Gasteiger partial charge in [0.15, 0.2) is 0 Å². The number of thioether (sulfide) groups is 1. The summed E-state index contributed by atoms with van der Waals surface area (Å²) in [7, 11) is 0. The minimum Gasteiger partial charge on any atom is -0.462 e. The minimum absolute atomic E-state index is 0.0117. The number of carbonyl (C=O) groups is 3. The third kappa shape index (κ3) is 5.46. The van der Waals surface area contributed by atoms with Gasteiger partial charge >= 0.3 is 5.97 Å². The molecule has 0 saturated carbocycles. The fraction of sp³-hybridized carbons (Fsp3) is 0.167. The number of ether oxygens (including phenoxy) is 1. The highest BCUT2D eigenvalue weighted by molar-refractivity contribution is 8.00. The Morgan fingerprint density at radius 2 is 1.96 bits per heavy atom. The highest BCUT2D eigenvalue weighted by Gasteiger charge is 2.18. The predicted molar refractivity (Wildman–Crippen MR) is 102 cm³/mol.